The van der Waals surface area contributed by atoms with Crippen molar-refractivity contribution in [3.05, 3.63) is 78.0 Å². The van der Waals surface area contributed by atoms with E-state index in [4.69, 9.17) is 9.97 Å². The summed E-state index contributed by atoms with van der Waals surface area (Å²) in [5, 5.41) is 1.03. The number of pyridine rings is 1. The van der Waals surface area contributed by atoms with Crippen molar-refractivity contribution < 1.29 is 0 Å². The summed E-state index contributed by atoms with van der Waals surface area (Å²) in [5.74, 6) is 0. The first-order valence-corrected chi connectivity index (χ1v) is 10.1. The van der Waals surface area contributed by atoms with Crippen molar-refractivity contribution in [2.24, 2.45) is 0 Å². The first kappa shape index (κ1) is 16.5. The zero-order valence-corrected chi connectivity index (χ0v) is 16.3. The maximum atomic E-state index is 5.03. The number of anilines is 1. The first-order valence-electron chi connectivity index (χ1n) is 9.27. The van der Waals surface area contributed by atoms with Gasteiger partial charge in [-0.3, -0.25) is 0 Å². The van der Waals surface area contributed by atoms with Crippen LogP contribution in [-0.2, 0) is 5.41 Å². The summed E-state index contributed by atoms with van der Waals surface area (Å²) in [4.78, 5) is 13.0. The fourth-order valence-corrected chi connectivity index (χ4v) is 4.63. The van der Waals surface area contributed by atoms with Gasteiger partial charge in [-0.15, -0.1) is 0 Å². The number of thiazole rings is 1. The van der Waals surface area contributed by atoms with Crippen LogP contribution in [0.15, 0.2) is 66.7 Å². The molecular formula is C23H21N3S. The molecule has 0 bridgehead atoms. The van der Waals surface area contributed by atoms with Gasteiger partial charge in [-0.25, -0.2) is 9.97 Å². The minimum absolute atomic E-state index is 0.104. The van der Waals surface area contributed by atoms with Crippen molar-refractivity contribution in [1.29, 1.82) is 0 Å². The van der Waals surface area contributed by atoms with E-state index < -0.39 is 0 Å². The van der Waals surface area contributed by atoms with Crippen LogP contribution in [0.25, 0.3) is 20.9 Å². The van der Waals surface area contributed by atoms with Gasteiger partial charge in [0, 0.05) is 30.8 Å². The molecule has 1 saturated carbocycles. The van der Waals surface area contributed by atoms with Crippen LogP contribution >= 0.6 is 11.3 Å². The van der Waals surface area contributed by atoms with E-state index in [1.807, 2.05) is 0 Å². The monoisotopic (exact) mass is 371 g/mol. The van der Waals surface area contributed by atoms with Crippen molar-refractivity contribution in [1.82, 2.24) is 9.97 Å². The molecule has 0 atom stereocenters. The summed E-state index contributed by atoms with van der Waals surface area (Å²) in [5.41, 5.74) is 5.99. The molecule has 134 valence electrons. The molecule has 1 aliphatic rings. The topological polar surface area (TPSA) is 29.0 Å². The molecule has 0 amide bonds. The Morgan fingerprint density at radius 2 is 1.59 bits per heavy atom. The van der Waals surface area contributed by atoms with Crippen LogP contribution in [0.4, 0.5) is 5.69 Å². The zero-order chi connectivity index (χ0) is 18.4. The Balaban J connectivity index is 1.52. The van der Waals surface area contributed by atoms with E-state index in [1.54, 1.807) is 11.3 Å². The summed E-state index contributed by atoms with van der Waals surface area (Å²) < 4.78 is 0. The van der Waals surface area contributed by atoms with E-state index in [0.717, 1.165) is 20.9 Å². The average molecular weight is 372 g/mol. The van der Waals surface area contributed by atoms with E-state index in [1.165, 1.54) is 29.8 Å². The number of hydrogen-bond donors (Lipinski definition) is 0. The van der Waals surface area contributed by atoms with Crippen molar-refractivity contribution >= 4 is 27.4 Å². The lowest BCUT2D eigenvalue weighted by atomic mass is 9.92. The fraction of sp³-hybridized carbons (Fsp3) is 0.217. The molecule has 0 saturated heterocycles. The van der Waals surface area contributed by atoms with Gasteiger partial charge >= 0.3 is 0 Å². The van der Waals surface area contributed by atoms with Gasteiger partial charge < -0.3 is 4.90 Å². The van der Waals surface area contributed by atoms with Crippen LogP contribution in [0.5, 0.6) is 0 Å². The van der Waals surface area contributed by atoms with Crippen LogP contribution in [0.2, 0.25) is 0 Å². The van der Waals surface area contributed by atoms with Gasteiger partial charge in [0.1, 0.15) is 15.4 Å². The van der Waals surface area contributed by atoms with Gasteiger partial charge in [0.25, 0.3) is 0 Å². The van der Waals surface area contributed by atoms with Crippen LogP contribution in [-0.4, -0.2) is 24.1 Å². The predicted molar refractivity (Wildman–Crippen MR) is 114 cm³/mol. The van der Waals surface area contributed by atoms with Crippen molar-refractivity contribution in [3.63, 3.8) is 0 Å². The van der Waals surface area contributed by atoms with Crippen LogP contribution in [0.1, 0.15) is 24.1 Å². The smallest absolute Gasteiger partial charge is 0.144 e. The Bertz CT molecular complexity index is 1090. The molecule has 4 heteroatoms. The van der Waals surface area contributed by atoms with E-state index in [0.29, 0.717) is 0 Å². The highest BCUT2D eigenvalue weighted by atomic mass is 32.1. The molecule has 3 nitrogen and oxygen atoms in total. The Kier molecular flexibility index (Phi) is 3.76. The third kappa shape index (κ3) is 2.81. The standard InChI is InChI=1S/C23H21N3S/c1-26(2)18-10-8-16(9-11-18)21-24-19-12-13-20(25-22(19)27-21)23(14-15-23)17-6-4-3-5-7-17/h3-13H,14-15H2,1-2H3. The SMILES string of the molecule is CN(C)c1ccc(-c2nc3ccc(C4(c5ccccc5)CC4)nc3s2)cc1. The molecule has 0 spiro atoms. The number of aromatic nitrogens is 2. The van der Waals surface area contributed by atoms with Gasteiger partial charge in [-0.05, 0) is 54.8 Å². The van der Waals surface area contributed by atoms with Gasteiger partial charge in [-0.1, -0.05) is 41.7 Å². The van der Waals surface area contributed by atoms with E-state index in [9.17, 15) is 0 Å². The highest BCUT2D eigenvalue weighted by molar-refractivity contribution is 7.21. The molecular weight excluding hydrogens is 350 g/mol. The molecule has 2 heterocycles. The average Bonchev–Trinajstić information content (AvgIpc) is 3.41. The lowest BCUT2D eigenvalue weighted by Gasteiger charge is -2.14. The lowest BCUT2D eigenvalue weighted by Crippen LogP contribution is -2.10. The number of nitrogens with zero attached hydrogens (tertiary/aromatic N) is 3. The van der Waals surface area contributed by atoms with Crippen molar-refractivity contribution in [2.75, 3.05) is 19.0 Å². The number of hydrogen-bond acceptors (Lipinski definition) is 4. The normalized spacial score (nSPS) is 15.0. The number of benzene rings is 2. The molecule has 2 aromatic heterocycles. The van der Waals surface area contributed by atoms with E-state index in [-0.39, 0.29) is 5.41 Å². The molecule has 0 radical (unpaired) electrons. The Morgan fingerprint density at radius 3 is 2.26 bits per heavy atom. The number of rotatable bonds is 4. The van der Waals surface area contributed by atoms with Crippen LogP contribution < -0.4 is 4.90 Å². The fourth-order valence-electron chi connectivity index (χ4n) is 3.68. The summed E-state index contributed by atoms with van der Waals surface area (Å²) in [7, 11) is 4.11. The van der Waals surface area contributed by atoms with Gasteiger partial charge in [0.2, 0.25) is 0 Å². The molecule has 27 heavy (non-hydrogen) atoms. The molecule has 2 aromatic carbocycles. The van der Waals surface area contributed by atoms with Gasteiger partial charge in [0.05, 0.1) is 5.69 Å². The third-order valence-electron chi connectivity index (χ3n) is 5.45. The summed E-state index contributed by atoms with van der Waals surface area (Å²) in [6.07, 6.45) is 2.35. The maximum absolute atomic E-state index is 5.03. The first-order chi connectivity index (χ1) is 13.2. The summed E-state index contributed by atoms with van der Waals surface area (Å²) in [6, 6.07) is 23.6. The Labute approximate surface area is 163 Å². The molecule has 5 rings (SSSR count). The zero-order valence-electron chi connectivity index (χ0n) is 15.5. The number of fused-ring (bicyclic) bond motifs is 1. The van der Waals surface area contributed by atoms with E-state index in [2.05, 4.69) is 85.7 Å². The molecule has 1 fully saturated rings. The summed E-state index contributed by atoms with van der Waals surface area (Å²) in [6.45, 7) is 0. The second-order valence-electron chi connectivity index (χ2n) is 7.43. The second-order valence-corrected chi connectivity index (χ2v) is 8.41. The van der Waals surface area contributed by atoms with Crippen molar-refractivity contribution in [2.45, 2.75) is 18.3 Å². The molecule has 0 aliphatic heterocycles. The highest BCUT2D eigenvalue weighted by Gasteiger charge is 2.47. The van der Waals surface area contributed by atoms with E-state index >= 15 is 0 Å². The van der Waals surface area contributed by atoms with Crippen LogP contribution in [0.3, 0.4) is 0 Å². The third-order valence-corrected chi connectivity index (χ3v) is 6.47. The largest absolute Gasteiger partial charge is 0.378 e. The van der Waals surface area contributed by atoms with Gasteiger partial charge in [0.15, 0.2) is 0 Å². The minimum atomic E-state index is 0.104. The molecule has 1 aliphatic carbocycles. The van der Waals surface area contributed by atoms with Gasteiger partial charge in [-0.2, -0.15) is 0 Å². The van der Waals surface area contributed by atoms with Crippen molar-refractivity contribution in [3.8, 4) is 10.6 Å². The summed E-state index contributed by atoms with van der Waals surface area (Å²) >= 11 is 1.68. The molecule has 0 N–H and O–H groups in total. The maximum Gasteiger partial charge on any atom is 0.144 e. The second kappa shape index (κ2) is 6.17. The lowest BCUT2D eigenvalue weighted by molar-refractivity contribution is 0.811. The molecule has 4 aromatic rings. The predicted octanol–water partition coefficient (Wildman–Crippen LogP) is 5.50. The quantitative estimate of drug-likeness (QED) is 0.474. The molecule has 0 unspecified atom stereocenters. The Morgan fingerprint density at radius 1 is 0.852 bits per heavy atom. The Hall–Kier alpha value is -2.72. The highest BCUT2D eigenvalue weighted by Crippen LogP contribution is 2.53. The van der Waals surface area contributed by atoms with Crippen LogP contribution in [0, 0.1) is 0 Å². The minimum Gasteiger partial charge on any atom is -0.378 e.